The van der Waals surface area contributed by atoms with Crippen molar-refractivity contribution >= 4 is 21.2 Å². The third-order valence-electron chi connectivity index (χ3n) is 1.88. The molecule has 0 amide bonds. The second kappa shape index (κ2) is 3.62. The summed E-state index contributed by atoms with van der Waals surface area (Å²) in [7, 11) is -5.69. The summed E-state index contributed by atoms with van der Waals surface area (Å²) < 4.78 is 62.1. The van der Waals surface area contributed by atoms with Crippen LogP contribution in [-0.4, -0.2) is 23.6 Å². The molecule has 0 aliphatic heterocycles. The Bertz CT molecular complexity index is 647. The van der Waals surface area contributed by atoms with Crippen LogP contribution in [0, 0.1) is 0 Å². The Morgan fingerprint density at radius 2 is 1.88 bits per heavy atom. The first-order chi connectivity index (χ1) is 7.81. The molecule has 0 unspecified atom stereocenters. The van der Waals surface area contributed by atoms with Crippen LogP contribution in [0.3, 0.4) is 0 Å². The van der Waals surface area contributed by atoms with Gasteiger partial charge in [0.25, 0.3) is 0 Å². The van der Waals surface area contributed by atoms with E-state index in [2.05, 4.69) is 9.27 Å². The van der Waals surface area contributed by atoms with E-state index in [0.29, 0.717) is 10.2 Å². The molecule has 1 heterocycles. The fourth-order valence-electron chi connectivity index (χ4n) is 1.14. The lowest BCUT2D eigenvalue weighted by Gasteiger charge is -2.09. The van der Waals surface area contributed by atoms with Gasteiger partial charge in [0.1, 0.15) is 11.8 Å². The molecule has 5 nitrogen and oxygen atoms in total. The predicted octanol–water partition coefficient (Wildman–Crippen LogP) is 1.31. The van der Waals surface area contributed by atoms with Gasteiger partial charge in [-0.05, 0) is 12.1 Å². The van der Waals surface area contributed by atoms with Crippen LogP contribution in [-0.2, 0) is 10.1 Å². The summed E-state index contributed by atoms with van der Waals surface area (Å²) in [5.41, 5.74) is -5.02. The molecule has 0 aliphatic rings. The Kier molecular flexibility index (Phi) is 2.49. The number of aromatic nitrogens is 2. The number of halogens is 3. The topological polar surface area (TPSA) is 61.2 Å². The highest BCUT2D eigenvalue weighted by molar-refractivity contribution is 7.87. The van der Waals surface area contributed by atoms with Gasteiger partial charge < -0.3 is 0 Å². The largest absolute Gasteiger partial charge is 0.536 e. The molecule has 0 atom stereocenters. The SMILES string of the molecule is O=S(=O)(On1cnc2ccccc21)C(F)(F)F. The summed E-state index contributed by atoms with van der Waals surface area (Å²) in [4.78, 5) is 3.69. The van der Waals surface area contributed by atoms with E-state index in [9.17, 15) is 21.6 Å². The normalized spacial score (nSPS) is 12.9. The van der Waals surface area contributed by atoms with Crippen molar-refractivity contribution in [1.29, 1.82) is 0 Å². The van der Waals surface area contributed by atoms with Gasteiger partial charge >= 0.3 is 15.6 Å². The van der Waals surface area contributed by atoms with Crippen LogP contribution in [0.1, 0.15) is 0 Å². The Morgan fingerprint density at radius 1 is 1.24 bits per heavy atom. The minimum Gasteiger partial charge on any atom is -0.279 e. The fourth-order valence-corrected chi connectivity index (χ4v) is 1.56. The summed E-state index contributed by atoms with van der Waals surface area (Å²) in [5, 5.41) is 0. The summed E-state index contributed by atoms with van der Waals surface area (Å²) in [6.45, 7) is 0. The third-order valence-corrected chi connectivity index (χ3v) is 2.81. The molecule has 1 aromatic heterocycles. The van der Waals surface area contributed by atoms with Crippen LogP contribution in [0.4, 0.5) is 13.2 Å². The van der Waals surface area contributed by atoms with Crippen LogP contribution in [0.5, 0.6) is 0 Å². The Hall–Kier alpha value is -1.77. The monoisotopic (exact) mass is 266 g/mol. The number of benzene rings is 1. The molecule has 0 fully saturated rings. The van der Waals surface area contributed by atoms with Gasteiger partial charge in [0, 0.05) is 0 Å². The first-order valence-electron chi connectivity index (χ1n) is 4.24. The van der Waals surface area contributed by atoms with E-state index in [-0.39, 0.29) is 5.52 Å². The van der Waals surface area contributed by atoms with Gasteiger partial charge in [-0.15, -0.1) is 0 Å². The molecular formula is C8H5F3N2O3S. The predicted molar refractivity (Wildman–Crippen MR) is 51.3 cm³/mol. The maximum absolute atomic E-state index is 12.1. The van der Waals surface area contributed by atoms with E-state index in [1.165, 1.54) is 18.2 Å². The lowest BCUT2D eigenvalue weighted by molar-refractivity contribution is -0.0543. The number of rotatable bonds is 2. The van der Waals surface area contributed by atoms with Gasteiger partial charge in [-0.25, -0.2) is 4.98 Å². The van der Waals surface area contributed by atoms with Crippen molar-refractivity contribution in [3.8, 4) is 0 Å². The summed E-state index contributed by atoms with van der Waals surface area (Å²) in [6, 6.07) is 6.02. The van der Waals surface area contributed by atoms with Crippen molar-refractivity contribution in [3.63, 3.8) is 0 Å². The number of fused-ring (bicyclic) bond motifs is 1. The first kappa shape index (κ1) is 11.7. The highest BCUT2D eigenvalue weighted by atomic mass is 32.2. The van der Waals surface area contributed by atoms with Crippen molar-refractivity contribution in [2.45, 2.75) is 5.51 Å². The molecule has 0 saturated carbocycles. The maximum Gasteiger partial charge on any atom is 0.536 e. The summed E-state index contributed by atoms with van der Waals surface area (Å²) in [6.07, 6.45) is 0.855. The third kappa shape index (κ3) is 2.05. The summed E-state index contributed by atoms with van der Waals surface area (Å²) >= 11 is 0. The van der Waals surface area contributed by atoms with Gasteiger partial charge in [-0.1, -0.05) is 12.1 Å². The molecule has 1 aromatic carbocycles. The summed E-state index contributed by atoms with van der Waals surface area (Å²) in [5.74, 6) is 0. The number of alkyl halides is 3. The zero-order valence-corrected chi connectivity index (χ0v) is 8.86. The number of para-hydroxylation sites is 2. The van der Waals surface area contributed by atoms with E-state index >= 15 is 0 Å². The number of imidazole rings is 1. The van der Waals surface area contributed by atoms with Crippen molar-refractivity contribution in [1.82, 2.24) is 9.71 Å². The standard InChI is InChI=1S/C8H5F3N2O3S/c9-8(10,11)17(14,15)16-13-5-12-6-3-1-2-4-7(6)13/h1-5H. The van der Waals surface area contributed by atoms with Crippen molar-refractivity contribution in [3.05, 3.63) is 30.6 Å². The van der Waals surface area contributed by atoms with Gasteiger partial charge in [0.05, 0.1) is 5.52 Å². The van der Waals surface area contributed by atoms with E-state index in [1.54, 1.807) is 6.07 Å². The lowest BCUT2D eigenvalue weighted by atomic mass is 10.3. The molecular weight excluding hydrogens is 261 g/mol. The highest BCUT2D eigenvalue weighted by Crippen LogP contribution is 2.23. The van der Waals surface area contributed by atoms with Gasteiger partial charge in [0.2, 0.25) is 0 Å². The second-order valence-electron chi connectivity index (χ2n) is 3.03. The molecule has 0 radical (unpaired) electrons. The second-order valence-corrected chi connectivity index (χ2v) is 4.55. The molecule has 9 heteroatoms. The molecule has 0 saturated heterocycles. The van der Waals surface area contributed by atoms with E-state index in [1.807, 2.05) is 0 Å². The van der Waals surface area contributed by atoms with E-state index < -0.39 is 15.6 Å². The molecule has 2 rings (SSSR count). The van der Waals surface area contributed by atoms with Crippen molar-refractivity contribution in [2.24, 2.45) is 0 Å². The highest BCUT2D eigenvalue weighted by Gasteiger charge is 2.49. The van der Waals surface area contributed by atoms with Crippen molar-refractivity contribution < 1.29 is 25.9 Å². The zero-order chi connectivity index (χ0) is 12.7. The van der Waals surface area contributed by atoms with Gasteiger partial charge in [-0.3, -0.25) is 4.28 Å². The van der Waals surface area contributed by atoms with Crippen LogP contribution in [0.2, 0.25) is 0 Å². The minimum absolute atomic E-state index is 0.125. The Morgan fingerprint density at radius 3 is 2.53 bits per heavy atom. The van der Waals surface area contributed by atoms with Crippen LogP contribution >= 0.6 is 0 Å². The average molecular weight is 266 g/mol. The van der Waals surface area contributed by atoms with Gasteiger partial charge in [-0.2, -0.15) is 26.3 Å². The molecule has 0 N–H and O–H groups in total. The molecule has 92 valence electrons. The zero-order valence-electron chi connectivity index (χ0n) is 8.05. The smallest absolute Gasteiger partial charge is 0.279 e. The number of hydrogen-bond acceptors (Lipinski definition) is 4. The number of hydrogen-bond donors (Lipinski definition) is 0. The average Bonchev–Trinajstić information content (AvgIpc) is 2.60. The first-order valence-corrected chi connectivity index (χ1v) is 5.65. The molecule has 2 aromatic rings. The minimum atomic E-state index is -5.69. The van der Waals surface area contributed by atoms with E-state index in [4.69, 9.17) is 0 Å². The molecule has 0 aliphatic carbocycles. The maximum atomic E-state index is 12.1. The lowest BCUT2D eigenvalue weighted by Crippen LogP contribution is -2.32. The fraction of sp³-hybridized carbons (Fsp3) is 0.125. The van der Waals surface area contributed by atoms with Crippen LogP contribution in [0.15, 0.2) is 30.6 Å². The Labute approximate surface area is 93.5 Å². The molecule has 0 bridgehead atoms. The molecule has 17 heavy (non-hydrogen) atoms. The van der Waals surface area contributed by atoms with Crippen LogP contribution < -0.4 is 4.28 Å². The number of nitrogens with zero attached hydrogens (tertiary/aromatic N) is 2. The van der Waals surface area contributed by atoms with Crippen molar-refractivity contribution in [2.75, 3.05) is 0 Å². The Balaban J connectivity index is 2.44. The molecule has 0 spiro atoms. The van der Waals surface area contributed by atoms with E-state index in [0.717, 1.165) is 6.33 Å². The van der Waals surface area contributed by atoms with Crippen LogP contribution in [0.25, 0.3) is 11.0 Å². The quantitative estimate of drug-likeness (QED) is 0.769. The van der Waals surface area contributed by atoms with Gasteiger partial charge in [0.15, 0.2) is 0 Å².